The second kappa shape index (κ2) is 8.53. The highest BCUT2D eigenvalue weighted by Gasteiger charge is 2.21. The van der Waals surface area contributed by atoms with Gasteiger partial charge in [-0.3, -0.25) is 4.79 Å². The molecule has 1 amide bonds. The average Bonchev–Trinajstić information content (AvgIpc) is 2.62. The number of esters is 1. The highest BCUT2D eigenvalue weighted by molar-refractivity contribution is 9.10. The number of methoxy groups -OCH3 is 2. The molecular weight excluding hydrogens is 390 g/mol. The maximum Gasteiger partial charge on any atom is 0.340 e. The summed E-state index contributed by atoms with van der Waals surface area (Å²) in [6.45, 7) is 1.50. The van der Waals surface area contributed by atoms with Crippen molar-refractivity contribution in [3.05, 3.63) is 52.5 Å². The van der Waals surface area contributed by atoms with E-state index in [2.05, 4.69) is 21.2 Å². The van der Waals surface area contributed by atoms with Gasteiger partial charge in [0, 0.05) is 10.2 Å². The average molecular weight is 408 g/mol. The molecule has 0 spiro atoms. The first-order chi connectivity index (χ1) is 11.9. The van der Waals surface area contributed by atoms with Crippen molar-refractivity contribution in [2.45, 2.75) is 13.0 Å². The number of nitrogens with one attached hydrogen (secondary N) is 1. The summed E-state index contributed by atoms with van der Waals surface area (Å²) in [5, 5.41) is 2.68. The maximum absolute atomic E-state index is 12.3. The zero-order chi connectivity index (χ0) is 18.4. The van der Waals surface area contributed by atoms with Gasteiger partial charge in [-0.15, -0.1) is 0 Å². The number of carbonyl (C=O) groups is 2. The Morgan fingerprint density at radius 3 is 2.20 bits per heavy atom. The first-order valence-electron chi connectivity index (χ1n) is 7.44. The molecule has 0 radical (unpaired) electrons. The van der Waals surface area contributed by atoms with Crippen LogP contribution in [0.2, 0.25) is 0 Å². The van der Waals surface area contributed by atoms with Crippen LogP contribution < -0.4 is 14.8 Å². The van der Waals surface area contributed by atoms with E-state index < -0.39 is 18.0 Å². The van der Waals surface area contributed by atoms with Crippen molar-refractivity contribution in [3.8, 4) is 11.5 Å². The summed E-state index contributed by atoms with van der Waals surface area (Å²) in [5.41, 5.74) is 0.861. The van der Waals surface area contributed by atoms with E-state index in [1.807, 2.05) is 0 Å². The Labute approximate surface area is 154 Å². The molecule has 0 unspecified atom stereocenters. The van der Waals surface area contributed by atoms with Crippen molar-refractivity contribution in [2.75, 3.05) is 19.5 Å². The van der Waals surface area contributed by atoms with Crippen LogP contribution in [0.5, 0.6) is 11.5 Å². The number of hydrogen-bond donors (Lipinski definition) is 1. The van der Waals surface area contributed by atoms with Gasteiger partial charge in [-0.05, 0) is 65.3 Å². The molecule has 6 nitrogen and oxygen atoms in total. The molecule has 0 aromatic heterocycles. The van der Waals surface area contributed by atoms with Crippen LogP contribution in [0.1, 0.15) is 17.3 Å². The van der Waals surface area contributed by atoms with Crippen molar-refractivity contribution >= 4 is 33.5 Å². The second-order valence-electron chi connectivity index (χ2n) is 5.11. The molecule has 0 saturated heterocycles. The van der Waals surface area contributed by atoms with E-state index in [-0.39, 0.29) is 5.56 Å². The van der Waals surface area contributed by atoms with E-state index >= 15 is 0 Å². The van der Waals surface area contributed by atoms with E-state index in [1.165, 1.54) is 14.0 Å². The zero-order valence-electron chi connectivity index (χ0n) is 14.0. The quantitative estimate of drug-likeness (QED) is 0.739. The minimum absolute atomic E-state index is 0.281. The van der Waals surface area contributed by atoms with Crippen LogP contribution in [-0.4, -0.2) is 32.2 Å². The Morgan fingerprint density at radius 1 is 1.00 bits per heavy atom. The van der Waals surface area contributed by atoms with Crippen molar-refractivity contribution < 1.29 is 23.8 Å². The molecule has 2 aromatic carbocycles. The Kier molecular flexibility index (Phi) is 6.41. The molecular formula is C18H18BrNO5. The lowest BCUT2D eigenvalue weighted by molar-refractivity contribution is -0.123. The van der Waals surface area contributed by atoms with Gasteiger partial charge >= 0.3 is 5.97 Å². The molecule has 2 rings (SSSR count). The van der Waals surface area contributed by atoms with Crippen LogP contribution in [0, 0.1) is 0 Å². The number of halogens is 1. The number of hydrogen-bond acceptors (Lipinski definition) is 5. The van der Waals surface area contributed by atoms with Gasteiger partial charge in [-0.25, -0.2) is 4.79 Å². The molecule has 25 heavy (non-hydrogen) atoms. The summed E-state index contributed by atoms with van der Waals surface area (Å²) in [4.78, 5) is 24.5. The van der Waals surface area contributed by atoms with E-state index in [4.69, 9.17) is 14.2 Å². The lowest BCUT2D eigenvalue weighted by Gasteiger charge is -2.14. The van der Waals surface area contributed by atoms with Gasteiger partial charge in [0.2, 0.25) is 0 Å². The topological polar surface area (TPSA) is 73.9 Å². The molecule has 7 heteroatoms. The van der Waals surface area contributed by atoms with E-state index in [0.29, 0.717) is 21.7 Å². The molecule has 0 heterocycles. The Balaban J connectivity index is 2.01. The minimum atomic E-state index is -0.965. The normalized spacial score (nSPS) is 11.4. The minimum Gasteiger partial charge on any atom is -0.497 e. The third-order valence-corrected chi connectivity index (χ3v) is 4.10. The molecule has 1 atom stereocenters. The highest BCUT2D eigenvalue weighted by atomic mass is 79.9. The Morgan fingerprint density at radius 2 is 1.60 bits per heavy atom. The molecule has 0 bridgehead atoms. The molecule has 0 saturated carbocycles. The van der Waals surface area contributed by atoms with Crippen LogP contribution in [-0.2, 0) is 9.53 Å². The molecule has 2 aromatic rings. The van der Waals surface area contributed by atoms with Gasteiger partial charge in [-0.2, -0.15) is 0 Å². The first-order valence-corrected chi connectivity index (χ1v) is 8.23. The summed E-state index contributed by atoms with van der Waals surface area (Å²) in [6, 6.07) is 11.8. The predicted molar refractivity (Wildman–Crippen MR) is 97.2 cm³/mol. The highest BCUT2D eigenvalue weighted by Crippen LogP contribution is 2.23. The van der Waals surface area contributed by atoms with Gasteiger partial charge in [0.25, 0.3) is 5.91 Å². The Bertz CT molecular complexity index is 761. The molecule has 0 aliphatic heterocycles. The van der Waals surface area contributed by atoms with Gasteiger partial charge < -0.3 is 19.5 Å². The Hall–Kier alpha value is -2.54. The number of rotatable bonds is 6. The summed E-state index contributed by atoms with van der Waals surface area (Å²) in [6.07, 6.45) is -0.965. The molecule has 0 aliphatic carbocycles. The van der Waals surface area contributed by atoms with Crippen LogP contribution in [0.25, 0.3) is 0 Å². The summed E-state index contributed by atoms with van der Waals surface area (Å²) in [7, 11) is 3.06. The molecule has 132 valence electrons. The summed E-state index contributed by atoms with van der Waals surface area (Å²) < 4.78 is 15.9. The fourth-order valence-corrected chi connectivity index (χ4v) is 2.39. The lowest BCUT2D eigenvalue weighted by Crippen LogP contribution is -2.30. The number of amides is 1. The van der Waals surface area contributed by atoms with Gasteiger partial charge in [0.05, 0.1) is 19.8 Å². The van der Waals surface area contributed by atoms with E-state index in [1.54, 1.807) is 49.6 Å². The smallest absolute Gasteiger partial charge is 0.340 e. The maximum atomic E-state index is 12.3. The largest absolute Gasteiger partial charge is 0.497 e. The van der Waals surface area contributed by atoms with Crippen LogP contribution in [0.3, 0.4) is 0 Å². The van der Waals surface area contributed by atoms with E-state index in [9.17, 15) is 9.59 Å². The fraction of sp³-hybridized carbons (Fsp3) is 0.222. The standard InChI is InChI=1S/C18H18BrNO5/c1-11(17(21)20-12-4-6-13(23-2)7-5-12)25-18(22)15-10-14(24-3)8-9-16(15)19/h4-11H,1-3H3,(H,20,21)/t11-/m0/s1. The van der Waals surface area contributed by atoms with Gasteiger partial charge in [0.1, 0.15) is 11.5 Å². The summed E-state index contributed by atoms with van der Waals surface area (Å²) in [5.74, 6) is 0.145. The molecule has 0 aliphatic rings. The first kappa shape index (κ1) is 18.8. The van der Waals surface area contributed by atoms with Crippen molar-refractivity contribution in [3.63, 3.8) is 0 Å². The number of benzene rings is 2. The molecule has 0 fully saturated rings. The van der Waals surface area contributed by atoms with E-state index in [0.717, 1.165) is 0 Å². The van der Waals surface area contributed by atoms with Crippen molar-refractivity contribution in [1.29, 1.82) is 0 Å². The van der Waals surface area contributed by atoms with Crippen LogP contribution in [0.15, 0.2) is 46.9 Å². The van der Waals surface area contributed by atoms with Crippen LogP contribution >= 0.6 is 15.9 Å². The zero-order valence-corrected chi connectivity index (χ0v) is 15.6. The molecule has 1 N–H and O–H groups in total. The predicted octanol–water partition coefficient (Wildman–Crippen LogP) is 3.65. The third-order valence-electron chi connectivity index (χ3n) is 3.40. The number of carbonyl (C=O) groups excluding carboxylic acids is 2. The lowest BCUT2D eigenvalue weighted by atomic mass is 10.2. The third kappa shape index (κ3) is 4.96. The SMILES string of the molecule is COc1ccc(NC(=O)[C@H](C)OC(=O)c2cc(OC)ccc2Br)cc1. The van der Waals surface area contributed by atoms with Crippen molar-refractivity contribution in [1.82, 2.24) is 0 Å². The number of ether oxygens (including phenoxy) is 3. The van der Waals surface area contributed by atoms with Gasteiger partial charge in [-0.1, -0.05) is 0 Å². The van der Waals surface area contributed by atoms with Crippen molar-refractivity contribution in [2.24, 2.45) is 0 Å². The summed E-state index contributed by atoms with van der Waals surface area (Å²) >= 11 is 3.29. The monoisotopic (exact) mass is 407 g/mol. The number of anilines is 1. The van der Waals surface area contributed by atoms with Gasteiger partial charge in [0.15, 0.2) is 6.10 Å². The second-order valence-corrected chi connectivity index (χ2v) is 5.97. The fourth-order valence-electron chi connectivity index (χ4n) is 1.98. The van der Waals surface area contributed by atoms with Crippen LogP contribution in [0.4, 0.5) is 5.69 Å².